The molecular formula is C16H20N4O. The Morgan fingerprint density at radius 2 is 2.24 bits per heavy atom. The minimum atomic E-state index is -0.121. The Hall–Kier alpha value is -2.14. The van der Waals surface area contributed by atoms with E-state index in [0.717, 1.165) is 30.8 Å². The van der Waals surface area contributed by atoms with Gasteiger partial charge in [0, 0.05) is 12.4 Å². The molecule has 2 atom stereocenters. The van der Waals surface area contributed by atoms with Gasteiger partial charge in [-0.3, -0.25) is 4.79 Å². The van der Waals surface area contributed by atoms with Crippen molar-refractivity contribution in [2.45, 2.75) is 25.8 Å². The van der Waals surface area contributed by atoms with E-state index >= 15 is 0 Å². The first-order valence-corrected chi connectivity index (χ1v) is 7.39. The number of hydrogen-bond donors (Lipinski definition) is 2. The molecule has 1 aromatic heterocycles. The fourth-order valence-electron chi connectivity index (χ4n) is 2.80. The molecule has 0 spiro atoms. The minimum absolute atomic E-state index is 0.0295. The second-order valence-electron chi connectivity index (χ2n) is 5.51. The zero-order valence-corrected chi connectivity index (χ0v) is 12.1. The van der Waals surface area contributed by atoms with Crippen LogP contribution in [0, 0.1) is 5.92 Å². The highest BCUT2D eigenvalue weighted by Gasteiger charge is 2.27. The molecule has 1 aliphatic heterocycles. The summed E-state index contributed by atoms with van der Waals surface area (Å²) < 4.78 is 1.76. The normalized spacial score (nSPS) is 22.0. The van der Waals surface area contributed by atoms with Gasteiger partial charge in [-0.05, 0) is 43.5 Å². The van der Waals surface area contributed by atoms with Gasteiger partial charge >= 0.3 is 0 Å². The lowest BCUT2D eigenvalue weighted by Gasteiger charge is -2.29. The van der Waals surface area contributed by atoms with Gasteiger partial charge in [-0.1, -0.05) is 19.1 Å². The van der Waals surface area contributed by atoms with E-state index in [-0.39, 0.29) is 11.9 Å². The van der Waals surface area contributed by atoms with E-state index in [2.05, 4.69) is 22.7 Å². The molecule has 2 N–H and O–H groups in total. The number of nitrogens with one attached hydrogen (secondary N) is 2. The quantitative estimate of drug-likeness (QED) is 0.908. The lowest BCUT2D eigenvalue weighted by atomic mass is 9.92. The van der Waals surface area contributed by atoms with Crippen LogP contribution in [0.3, 0.4) is 0 Å². The van der Waals surface area contributed by atoms with Gasteiger partial charge in [0.2, 0.25) is 5.91 Å². The molecule has 1 amide bonds. The Labute approximate surface area is 124 Å². The van der Waals surface area contributed by atoms with Crippen molar-refractivity contribution >= 4 is 11.6 Å². The predicted octanol–water partition coefficient (Wildman–Crippen LogP) is 2.20. The maximum Gasteiger partial charge on any atom is 0.241 e. The van der Waals surface area contributed by atoms with Crippen molar-refractivity contribution < 1.29 is 4.79 Å². The number of anilines is 1. The second kappa shape index (κ2) is 6.10. The first-order chi connectivity index (χ1) is 10.3. The highest BCUT2D eigenvalue weighted by Crippen LogP contribution is 2.21. The van der Waals surface area contributed by atoms with Crippen molar-refractivity contribution in [3.05, 3.63) is 42.7 Å². The van der Waals surface area contributed by atoms with E-state index in [0.29, 0.717) is 5.92 Å². The highest BCUT2D eigenvalue weighted by atomic mass is 16.2. The third kappa shape index (κ3) is 2.97. The van der Waals surface area contributed by atoms with Gasteiger partial charge in [-0.2, -0.15) is 5.10 Å². The molecule has 0 saturated carbocycles. The van der Waals surface area contributed by atoms with E-state index in [1.807, 2.05) is 36.5 Å². The SMILES string of the molecule is CC1CCCNC1C(=O)Nc1ccccc1-n1cccn1. The first kappa shape index (κ1) is 13.8. The lowest BCUT2D eigenvalue weighted by molar-refractivity contribution is -0.119. The number of hydrogen-bond acceptors (Lipinski definition) is 3. The molecular weight excluding hydrogens is 264 g/mol. The zero-order chi connectivity index (χ0) is 14.7. The molecule has 2 heterocycles. The maximum absolute atomic E-state index is 12.5. The number of carbonyl (C=O) groups is 1. The van der Waals surface area contributed by atoms with Crippen molar-refractivity contribution in [2.24, 2.45) is 5.92 Å². The summed E-state index contributed by atoms with van der Waals surface area (Å²) in [5.74, 6) is 0.387. The largest absolute Gasteiger partial charge is 0.323 e. The van der Waals surface area contributed by atoms with Gasteiger partial charge in [0.25, 0.3) is 0 Å². The summed E-state index contributed by atoms with van der Waals surface area (Å²) in [4.78, 5) is 12.5. The lowest BCUT2D eigenvalue weighted by Crippen LogP contribution is -2.48. The monoisotopic (exact) mass is 284 g/mol. The van der Waals surface area contributed by atoms with Crippen molar-refractivity contribution in [3.8, 4) is 5.69 Å². The standard InChI is InChI=1S/C16H20N4O/c1-12-6-4-9-17-15(12)16(21)19-13-7-2-3-8-14(13)20-11-5-10-18-20/h2-3,5,7-8,10-12,15,17H,4,6,9H2,1H3,(H,19,21). The molecule has 2 unspecified atom stereocenters. The number of piperidine rings is 1. The third-order valence-electron chi connectivity index (χ3n) is 3.97. The van der Waals surface area contributed by atoms with Crippen LogP contribution in [0.1, 0.15) is 19.8 Å². The van der Waals surface area contributed by atoms with Gasteiger partial charge in [-0.25, -0.2) is 4.68 Å². The molecule has 1 aliphatic rings. The van der Waals surface area contributed by atoms with Gasteiger partial charge in [-0.15, -0.1) is 0 Å². The number of amides is 1. The fourth-order valence-corrected chi connectivity index (χ4v) is 2.80. The molecule has 1 aromatic carbocycles. The molecule has 5 nitrogen and oxygen atoms in total. The molecule has 0 radical (unpaired) electrons. The van der Waals surface area contributed by atoms with Crippen LogP contribution >= 0.6 is 0 Å². The summed E-state index contributed by atoms with van der Waals surface area (Å²) in [6.07, 6.45) is 5.82. The molecule has 2 aromatic rings. The summed E-state index contributed by atoms with van der Waals surface area (Å²) in [5, 5.41) is 10.6. The second-order valence-corrected chi connectivity index (χ2v) is 5.51. The van der Waals surface area contributed by atoms with Crippen LogP contribution in [0.2, 0.25) is 0 Å². The smallest absolute Gasteiger partial charge is 0.241 e. The van der Waals surface area contributed by atoms with E-state index in [9.17, 15) is 4.79 Å². The van der Waals surface area contributed by atoms with Crippen LogP contribution < -0.4 is 10.6 Å². The van der Waals surface area contributed by atoms with Crippen LogP contribution in [0.4, 0.5) is 5.69 Å². The summed E-state index contributed by atoms with van der Waals surface area (Å²) in [6.45, 7) is 3.03. The first-order valence-electron chi connectivity index (χ1n) is 7.39. The van der Waals surface area contributed by atoms with Crippen molar-refractivity contribution in [2.75, 3.05) is 11.9 Å². The molecule has 110 valence electrons. The Balaban J connectivity index is 1.80. The summed E-state index contributed by atoms with van der Waals surface area (Å²) in [7, 11) is 0. The topological polar surface area (TPSA) is 59.0 Å². The molecule has 5 heteroatoms. The fraction of sp³-hybridized carbons (Fsp3) is 0.375. The minimum Gasteiger partial charge on any atom is -0.323 e. The number of benzene rings is 1. The zero-order valence-electron chi connectivity index (χ0n) is 12.1. The number of para-hydroxylation sites is 2. The average molecular weight is 284 g/mol. The summed E-state index contributed by atoms with van der Waals surface area (Å²) >= 11 is 0. The van der Waals surface area contributed by atoms with E-state index < -0.39 is 0 Å². The molecule has 0 bridgehead atoms. The van der Waals surface area contributed by atoms with Crippen LogP contribution in [-0.2, 0) is 4.79 Å². The average Bonchev–Trinajstić information content (AvgIpc) is 3.02. The van der Waals surface area contributed by atoms with Crippen molar-refractivity contribution in [3.63, 3.8) is 0 Å². The van der Waals surface area contributed by atoms with E-state index in [1.54, 1.807) is 10.9 Å². The summed E-state index contributed by atoms with van der Waals surface area (Å²) in [5.41, 5.74) is 1.66. The molecule has 1 saturated heterocycles. The van der Waals surface area contributed by atoms with Crippen molar-refractivity contribution in [1.82, 2.24) is 15.1 Å². The van der Waals surface area contributed by atoms with Gasteiger partial charge in [0.1, 0.15) is 0 Å². The Morgan fingerprint density at radius 1 is 1.38 bits per heavy atom. The summed E-state index contributed by atoms with van der Waals surface area (Å²) in [6, 6.07) is 9.45. The number of nitrogens with zero attached hydrogens (tertiary/aromatic N) is 2. The predicted molar refractivity (Wildman–Crippen MR) is 82.4 cm³/mol. The molecule has 3 rings (SSSR count). The van der Waals surface area contributed by atoms with Crippen LogP contribution in [0.15, 0.2) is 42.7 Å². The van der Waals surface area contributed by atoms with Crippen LogP contribution in [0.25, 0.3) is 5.69 Å². The number of carbonyl (C=O) groups excluding carboxylic acids is 1. The Kier molecular flexibility index (Phi) is 4.01. The van der Waals surface area contributed by atoms with Gasteiger partial charge in [0.15, 0.2) is 0 Å². The van der Waals surface area contributed by atoms with Gasteiger partial charge in [0.05, 0.1) is 17.4 Å². The number of rotatable bonds is 3. The third-order valence-corrected chi connectivity index (χ3v) is 3.97. The number of aromatic nitrogens is 2. The maximum atomic E-state index is 12.5. The van der Waals surface area contributed by atoms with Crippen LogP contribution in [-0.4, -0.2) is 28.3 Å². The van der Waals surface area contributed by atoms with Gasteiger partial charge < -0.3 is 10.6 Å². The Bertz CT molecular complexity index is 608. The van der Waals surface area contributed by atoms with Crippen molar-refractivity contribution in [1.29, 1.82) is 0 Å². The highest BCUT2D eigenvalue weighted by molar-refractivity contribution is 5.96. The van der Waals surface area contributed by atoms with E-state index in [4.69, 9.17) is 0 Å². The molecule has 1 fully saturated rings. The Morgan fingerprint density at radius 3 is 3.00 bits per heavy atom. The van der Waals surface area contributed by atoms with E-state index in [1.165, 1.54) is 0 Å². The molecule has 0 aliphatic carbocycles. The van der Waals surface area contributed by atoms with Crippen LogP contribution in [0.5, 0.6) is 0 Å². The molecule has 21 heavy (non-hydrogen) atoms.